The fourth-order valence-corrected chi connectivity index (χ4v) is 4.33. The molecule has 164 valence electrons. The summed E-state index contributed by atoms with van der Waals surface area (Å²) in [5, 5.41) is 21.9. The first-order valence-electron chi connectivity index (χ1n) is 9.75. The number of carbonyl (C=O) groups is 1. The van der Waals surface area contributed by atoms with Crippen LogP contribution in [0.1, 0.15) is 17.8 Å². The van der Waals surface area contributed by atoms with Crippen LogP contribution in [0.15, 0.2) is 59.8 Å². The highest BCUT2D eigenvalue weighted by Gasteiger charge is 2.17. The highest BCUT2D eigenvalue weighted by Crippen LogP contribution is 2.24. The normalized spacial score (nSPS) is 10.8. The molecule has 0 fully saturated rings. The summed E-state index contributed by atoms with van der Waals surface area (Å²) in [7, 11) is 0. The lowest BCUT2D eigenvalue weighted by atomic mass is 10.3. The number of ether oxygens (including phenoxy) is 1. The van der Waals surface area contributed by atoms with E-state index in [9.17, 15) is 4.79 Å². The number of para-hydroxylation sites is 1. The van der Waals surface area contributed by atoms with Crippen LogP contribution in [-0.4, -0.2) is 36.6 Å². The van der Waals surface area contributed by atoms with Gasteiger partial charge in [0.15, 0.2) is 11.0 Å². The van der Waals surface area contributed by atoms with Gasteiger partial charge in [-0.05, 0) is 42.8 Å². The van der Waals surface area contributed by atoms with Crippen molar-refractivity contribution in [2.24, 2.45) is 0 Å². The molecule has 0 atom stereocenters. The van der Waals surface area contributed by atoms with Gasteiger partial charge in [0.1, 0.15) is 17.4 Å². The Bertz CT molecular complexity index is 1180. The maximum absolute atomic E-state index is 12.4. The van der Waals surface area contributed by atoms with Crippen molar-refractivity contribution in [1.82, 2.24) is 25.0 Å². The van der Waals surface area contributed by atoms with Crippen LogP contribution in [-0.2, 0) is 17.8 Å². The Morgan fingerprint density at radius 3 is 2.59 bits per heavy atom. The molecule has 0 aliphatic carbocycles. The van der Waals surface area contributed by atoms with E-state index in [1.165, 1.54) is 23.1 Å². The third-order valence-electron chi connectivity index (χ3n) is 4.24. The topological polar surface area (TPSA) is 94.8 Å². The van der Waals surface area contributed by atoms with Crippen molar-refractivity contribution in [3.8, 4) is 11.4 Å². The zero-order chi connectivity index (χ0) is 22.3. The minimum atomic E-state index is -0.185. The molecule has 2 aromatic heterocycles. The average Bonchev–Trinajstić information content (AvgIpc) is 3.44. The summed E-state index contributed by atoms with van der Waals surface area (Å²) >= 11 is 8.59. The number of rotatable bonds is 9. The number of aromatic nitrogens is 5. The zero-order valence-corrected chi connectivity index (χ0v) is 19.5. The molecule has 4 aromatic rings. The van der Waals surface area contributed by atoms with Gasteiger partial charge in [0.25, 0.3) is 0 Å². The van der Waals surface area contributed by atoms with Crippen LogP contribution in [0.4, 0.5) is 5.13 Å². The Morgan fingerprint density at radius 2 is 1.88 bits per heavy atom. The first-order chi connectivity index (χ1) is 15.6. The summed E-state index contributed by atoms with van der Waals surface area (Å²) in [5.74, 6) is 1.26. The van der Waals surface area contributed by atoms with E-state index >= 15 is 0 Å². The highest BCUT2D eigenvalue weighted by atomic mass is 35.5. The molecule has 0 unspecified atom stereocenters. The van der Waals surface area contributed by atoms with Crippen molar-refractivity contribution in [2.75, 3.05) is 11.1 Å². The van der Waals surface area contributed by atoms with Gasteiger partial charge in [0, 0.05) is 10.7 Å². The van der Waals surface area contributed by atoms with Crippen LogP contribution in [0.3, 0.4) is 0 Å². The van der Waals surface area contributed by atoms with E-state index in [1.54, 1.807) is 24.3 Å². The number of nitrogens with one attached hydrogen (secondary N) is 1. The third kappa shape index (κ3) is 5.64. The van der Waals surface area contributed by atoms with E-state index in [4.69, 9.17) is 16.3 Å². The van der Waals surface area contributed by atoms with Gasteiger partial charge < -0.3 is 4.74 Å². The van der Waals surface area contributed by atoms with E-state index in [1.807, 2.05) is 41.8 Å². The van der Waals surface area contributed by atoms with Crippen molar-refractivity contribution in [3.05, 3.63) is 70.5 Å². The number of hydrogen-bond donors (Lipinski definition) is 1. The maximum atomic E-state index is 12.4. The van der Waals surface area contributed by atoms with Gasteiger partial charge in [-0.2, -0.15) is 0 Å². The molecule has 2 heterocycles. The van der Waals surface area contributed by atoms with Crippen LogP contribution in [0.25, 0.3) is 5.69 Å². The molecule has 0 saturated heterocycles. The monoisotopic (exact) mass is 486 g/mol. The lowest BCUT2D eigenvalue weighted by Gasteiger charge is -2.11. The molecule has 8 nitrogen and oxygen atoms in total. The minimum Gasteiger partial charge on any atom is -0.486 e. The van der Waals surface area contributed by atoms with E-state index in [0.717, 1.165) is 17.1 Å². The lowest BCUT2D eigenvalue weighted by molar-refractivity contribution is -0.113. The Kier molecular flexibility index (Phi) is 7.35. The number of thioether (sulfide) groups is 1. The average molecular weight is 487 g/mol. The molecule has 0 saturated carbocycles. The Morgan fingerprint density at radius 1 is 1.09 bits per heavy atom. The number of amides is 1. The molecule has 0 aliphatic heterocycles. The molecule has 11 heteroatoms. The van der Waals surface area contributed by atoms with Crippen LogP contribution >= 0.6 is 34.7 Å². The molecule has 32 heavy (non-hydrogen) atoms. The van der Waals surface area contributed by atoms with Gasteiger partial charge >= 0.3 is 0 Å². The standard InChI is InChI=1S/C21H19ClN6O2S2/c1-2-19-25-26-20(32-19)23-18(29)13-31-21-27-24-17(28(21)15-6-4-3-5-7-15)12-30-16-10-8-14(22)9-11-16/h3-11H,2,12-13H2,1H3,(H,23,26,29). The Labute approximate surface area is 198 Å². The number of halogens is 1. The quantitative estimate of drug-likeness (QED) is 0.344. The summed E-state index contributed by atoms with van der Waals surface area (Å²) in [6.45, 7) is 2.20. The molecule has 2 aromatic carbocycles. The fourth-order valence-electron chi connectivity index (χ4n) is 2.73. The number of aryl methyl sites for hydroxylation is 1. The van der Waals surface area contributed by atoms with Gasteiger partial charge in [-0.25, -0.2) is 0 Å². The second-order valence-electron chi connectivity index (χ2n) is 6.50. The zero-order valence-electron chi connectivity index (χ0n) is 17.1. The van der Waals surface area contributed by atoms with E-state index in [0.29, 0.717) is 26.9 Å². The van der Waals surface area contributed by atoms with Crippen molar-refractivity contribution in [3.63, 3.8) is 0 Å². The highest BCUT2D eigenvalue weighted by molar-refractivity contribution is 7.99. The van der Waals surface area contributed by atoms with Crippen LogP contribution < -0.4 is 10.1 Å². The number of hydrogen-bond acceptors (Lipinski definition) is 8. The number of benzene rings is 2. The number of carbonyl (C=O) groups excluding carboxylic acids is 1. The molecule has 0 spiro atoms. The van der Waals surface area contributed by atoms with Crippen LogP contribution in [0, 0.1) is 0 Å². The second kappa shape index (κ2) is 10.6. The van der Waals surface area contributed by atoms with Crippen molar-refractivity contribution in [2.45, 2.75) is 25.1 Å². The number of anilines is 1. The summed E-state index contributed by atoms with van der Waals surface area (Å²) in [6.07, 6.45) is 0.781. The Hall–Kier alpha value is -2.95. The lowest BCUT2D eigenvalue weighted by Crippen LogP contribution is -2.14. The Balaban J connectivity index is 1.47. The summed E-state index contributed by atoms with van der Waals surface area (Å²) in [5.41, 5.74) is 0.881. The first kappa shape index (κ1) is 22.3. The van der Waals surface area contributed by atoms with Gasteiger partial charge in [-0.1, -0.05) is 59.8 Å². The van der Waals surface area contributed by atoms with Crippen LogP contribution in [0.2, 0.25) is 5.02 Å². The summed E-state index contributed by atoms with van der Waals surface area (Å²) in [4.78, 5) is 12.4. The first-order valence-corrected chi connectivity index (χ1v) is 11.9. The van der Waals surface area contributed by atoms with Crippen molar-refractivity contribution < 1.29 is 9.53 Å². The number of nitrogens with zero attached hydrogens (tertiary/aromatic N) is 5. The summed E-state index contributed by atoms with van der Waals surface area (Å²) < 4.78 is 7.74. The third-order valence-corrected chi connectivity index (χ3v) is 6.41. The van der Waals surface area contributed by atoms with E-state index in [2.05, 4.69) is 25.7 Å². The van der Waals surface area contributed by atoms with Crippen molar-refractivity contribution in [1.29, 1.82) is 0 Å². The molecular weight excluding hydrogens is 468 g/mol. The minimum absolute atomic E-state index is 0.157. The molecule has 0 bridgehead atoms. The molecule has 0 radical (unpaired) electrons. The van der Waals surface area contributed by atoms with Gasteiger partial charge in [-0.3, -0.25) is 14.7 Å². The van der Waals surface area contributed by atoms with Crippen LogP contribution in [0.5, 0.6) is 5.75 Å². The fraction of sp³-hybridized carbons (Fsp3) is 0.190. The van der Waals surface area contributed by atoms with Gasteiger partial charge in [0.05, 0.1) is 5.75 Å². The molecule has 1 amide bonds. The van der Waals surface area contributed by atoms with E-state index in [-0.39, 0.29) is 18.3 Å². The SMILES string of the molecule is CCc1nnc(NC(=O)CSc2nnc(COc3ccc(Cl)cc3)n2-c2ccccc2)s1. The van der Waals surface area contributed by atoms with E-state index < -0.39 is 0 Å². The smallest absolute Gasteiger partial charge is 0.236 e. The largest absolute Gasteiger partial charge is 0.486 e. The second-order valence-corrected chi connectivity index (χ2v) is 8.94. The molecular formula is C21H19ClN6O2S2. The van der Waals surface area contributed by atoms with Gasteiger partial charge in [-0.15, -0.1) is 20.4 Å². The predicted molar refractivity (Wildman–Crippen MR) is 126 cm³/mol. The predicted octanol–water partition coefficient (Wildman–Crippen LogP) is 4.64. The maximum Gasteiger partial charge on any atom is 0.236 e. The molecule has 0 aliphatic rings. The van der Waals surface area contributed by atoms with Gasteiger partial charge in [0.2, 0.25) is 11.0 Å². The van der Waals surface area contributed by atoms with Crippen molar-refractivity contribution >= 4 is 45.7 Å². The molecule has 1 N–H and O–H groups in total. The summed E-state index contributed by atoms with van der Waals surface area (Å²) in [6, 6.07) is 16.8. The molecule has 4 rings (SSSR count).